The lowest BCUT2D eigenvalue weighted by Crippen LogP contribution is -2.43. The van der Waals surface area contributed by atoms with Crippen LogP contribution in [-0.2, 0) is 16.0 Å². The van der Waals surface area contributed by atoms with Crippen LogP contribution in [0.4, 0.5) is 0 Å². The van der Waals surface area contributed by atoms with Crippen LogP contribution in [0.5, 0.6) is 5.75 Å². The molecule has 0 aromatic heterocycles. The third-order valence-corrected chi connectivity index (χ3v) is 5.36. The van der Waals surface area contributed by atoms with E-state index in [9.17, 15) is 9.59 Å². The minimum Gasteiger partial charge on any atom is -0.497 e. The lowest BCUT2D eigenvalue weighted by molar-refractivity contribution is -0.137. The van der Waals surface area contributed by atoms with Crippen molar-refractivity contribution in [2.45, 2.75) is 32.6 Å². The molecule has 25 heavy (non-hydrogen) atoms. The normalized spacial score (nSPS) is 23.8. The minimum atomic E-state index is -0.159. The SMILES string of the molecule is COc1ccc(CCN2CC(C(=O)N3CCCC(C)C3)CC2=O)cc1. The molecule has 0 aliphatic carbocycles. The molecule has 0 saturated carbocycles. The summed E-state index contributed by atoms with van der Waals surface area (Å²) in [5.74, 6) is 1.53. The Balaban J connectivity index is 1.52. The summed E-state index contributed by atoms with van der Waals surface area (Å²) >= 11 is 0. The Morgan fingerprint density at radius 2 is 2.00 bits per heavy atom. The van der Waals surface area contributed by atoms with Crippen LogP contribution in [0.1, 0.15) is 31.7 Å². The summed E-state index contributed by atoms with van der Waals surface area (Å²) in [6, 6.07) is 7.92. The summed E-state index contributed by atoms with van der Waals surface area (Å²) in [6.07, 6.45) is 3.44. The summed E-state index contributed by atoms with van der Waals surface area (Å²) in [5.41, 5.74) is 1.17. The molecule has 3 rings (SSSR count). The van der Waals surface area contributed by atoms with E-state index in [1.807, 2.05) is 34.1 Å². The number of ether oxygens (including phenoxy) is 1. The first kappa shape index (κ1) is 17.8. The zero-order valence-corrected chi connectivity index (χ0v) is 15.2. The average Bonchev–Trinajstić information content (AvgIpc) is 3.00. The third kappa shape index (κ3) is 4.33. The molecular formula is C20H28N2O3. The largest absolute Gasteiger partial charge is 0.497 e. The highest BCUT2D eigenvalue weighted by atomic mass is 16.5. The van der Waals surface area contributed by atoms with E-state index in [-0.39, 0.29) is 17.7 Å². The molecule has 0 spiro atoms. The van der Waals surface area contributed by atoms with Crippen LogP contribution in [0.3, 0.4) is 0 Å². The van der Waals surface area contributed by atoms with Crippen LogP contribution >= 0.6 is 0 Å². The van der Waals surface area contributed by atoms with Gasteiger partial charge in [0.2, 0.25) is 11.8 Å². The van der Waals surface area contributed by atoms with Gasteiger partial charge in [-0.3, -0.25) is 9.59 Å². The van der Waals surface area contributed by atoms with Gasteiger partial charge in [0.25, 0.3) is 0 Å². The van der Waals surface area contributed by atoms with Crippen LogP contribution in [0, 0.1) is 11.8 Å². The van der Waals surface area contributed by atoms with E-state index in [1.54, 1.807) is 7.11 Å². The van der Waals surface area contributed by atoms with Crippen molar-refractivity contribution in [1.29, 1.82) is 0 Å². The van der Waals surface area contributed by atoms with Crippen LogP contribution in [0.2, 0.25) is 0 Å². The number of piperidine rings is 1. The van der Waals surface area contributed by atoms with E-state index in [4.69, 9.17) is 4.74 Å². The lowest BCUT2D eigenvalue weighted by Gasteiger charge is -2.32. The van der Waals surface area contributed by atoms with E-state index >= 15 is 0 Å². The number of nitrogens with zero attached hydrogens (tertiary/aromatic N) is 2. The Morgan fingerprint density at radius 1 is 1.24 bits per heavy atom. The van der Waals surface area contributed by atoms with Gasteiger partial charge in [-0.2, -0.15) is 0 Å². The predicted molar refractivity (Wildman–Crippen MR) is 96.4 cm³/mol. The molecule has 2 saturated heterocycles. The number of benzene rings is 1. The van der Waals surface area contributed by atoms with E-state index in [1.165, 1.54) is 12.0 Å². The predicted octanol–water partition coefficient (Wildman–Crippen LogP) is 2.34. The maximum absolute atomic E-state index is 12.7. The molecule has 5 heteroatoms. The topological polar surface area (TPSA) is 49.9 Å². The summed E-state index contributed by atoms with van der Waals surface area (Å²) in [7, 11) is 1.65. The third-order valence-electron chi connectivity index (χ3n) is 5.36. The second-order valence-corrected chi connectivity index (χ2v) is 7.37. The summed E-state index contributed by atoms with van der Waals surface area (Å²) in [4.78, 5) is 28.8. The monoisotopic (exact) mass is 344 g/mol. The molecule has 2 unspecified atom stereocenters. The smallest absolute Gasteiger partial charge is 0.228 e. The molecule has 136 valence electrons. The first-order valence-electron chi connectivity index (χ1n) is 9.26. The van der Waals surface area contributed by atoms with Crippen molar-refractivity contribution >= 4 is 11.8 Å². The highest BCUT2D eigenvalue weighted by Crippen LogP contribution is 2.24. The van der Waals surface area contributed by atoms with Crippen LogP contribution in [0.25, 0.3) is 0 Å². The van der Waals surface area contributed by atoms with E-state index < -0.39 is 0 Å². The molecule has 0 radical (unpaired) electrons. The maximum Gasteiger partial charge on any atom is 0.228 e. The van der Waals surface area contributed by atoms with Gasteiger partial charge in [0, 0.05) is 32.6 Å². The standard InChI is InChI=1S/C20H28N2O3/c1-15-4-3-10-22(13-15)20(24)17-12-19(23)21(14-17)11-9-16-5-7-18(25-2)8-6-16/h5-8,15,17H,3-4,9-14H2,1-2H3. The summed E-state index contributed by atoms with van der Waals surface area (Å²) in [6.45, 7) is 5.12. The molecule has 2 fully saturated rings. The molecule has 2 aliphatic heterocycles. The highest BCUT2D eigenvalue weighted by molar-refractivity contribution is 5.89. The quantitative estimate of drug-likeness (QED) is 0.824. The van der Waals surface area contributed by atoms with Gasteiger partial charge in [0.1, 0.15) is 5.75 Å². The van der Waals surface area contributed by atoms with Crippen molar-refractivity contribution in [3.8, 4) is 5.75 Å². The second-order valence-electron chi connectivity index (χ2n) is 7.37. The number of rotatable bonds is 5. The van der Waals surface area contributed by atoms with Gasteiger partial charge in [-0.25, -0.2) is 0 Å². The molecule has 1 aromatic carbocycles. The lowest BCUT2D eigenvalue weighted by atomic mass is 9.98. The molecule has 0 bridgehead atoms. The summed E-state index contributed by atoms with van der Waals surface area (Å²) in [5, 5.41) is 0. The Hall–Kier alpha value is -2.04. The first-order valence-corrected chi connectivity index (χ1v) is 9.26. The first-order chi connectivity index (χ1) is 12.1. The van der Waals surface area contributed by atoms with Crippen molar-refractivity contribution in [1.82, 2.24) is 9.80 Å². The number of hydrogen-bond acceptors (Lipinski definition) is 3. The molecule has 2 atom stereocenters. The molecule has 2 amide bonds. The average molecular weight is 344 g/mol. The number of carbonyl (C=O) groups excluding carboxylic acids is 2. The fourth-order valence-electron chi connectivity index (χ4n) is 3.86. The number of hydrogen-bond donors (Lipinski definition) is 0. The maximum atomic E-state index is 12.7. The van der Waals surface area contributed by atoms with Gasteiger partial charge in [-0.05, 0) is 42.9 Å². The van der Waals surface area contributed by atoms with Crippen molar-refractivity contribution in [3.63, 3.8) is 0 Å². The molecule has 2 heterocycles. The van der Waals surface area contributed by atoms with Crippen LogP contribution in [-0.4, -0.2) is 54.9 Å². The zero-order chi connectivity index (χ0) is 17.8. The van der Waals surface area contributed by atoms with Crippen molar-refractivity contribution in [2.75, 3.05) is 33.3 Å². The van der Waals surface area contributed by atoms with Crippen molar-refractivity contribution < 1.29 is 14.3 Å². The highest BCUT2D eigenvalue weighted by Gasteiger charge is 2.37. The molecular weight excluding hydrogens is 316 g/mol. The van der Waals surface area contributed by atoms with Gasteiger partial charge < -0.3 is 14.5 Å². The fraction of sp³-hybridized carbons (Fsp3) is 0.600. The number of amides is 2. The van der Waals surface area contributed by atoms with Gasteiger partial charge in [-0.15, -0.1) is 0 Å². The van der Waals surface area contributed by atoms with Crippen LogP contribution < -0.4 is 4.74 Å². The molecule has 1 aromatic rings. The Labute approximate surface area is 149 Å². The second kappa shape index (κ2) is 7.89. The van der Waals surface area contributed by atoms with Gasteiger partial charge in [0.05, 0.1) is 13.0 Å². The van der Waals surface area contributed by atoms with Crippen molar-refractivity contribution in [2.24, 2.45) is 11.8 Å². The molecule has 0 N–H and O–H groups in total. The summed E-state index contributed by atoms with van der Waals surface area (Å²) < 4.78 is 5.16. The number of carbonyl (C=O) groups is 2. The number of likely N-dealkylation sites (tertiary alicyclic amines) is 2. The van der Waals surface area contributed by atoms with Gasteiger partial charge in [-0.1, -0.05) is 19.1 Å². The Bertz CT molecular complexity index is 614. The van der Waals surface area contributed by atoms with Crippen molar-refractivity contribution in [3.05, 3.63) is 29.8 Å². The number of methoxy groups -OCH3 is 1. The Morgan fingerprint density at radius 3 is 2.68 bits per heavy atom. The zero-order valence-electron chi connectivity index (χ0n) is 15.2. The Kier molecular flexibility index (Phi) is 5.61. The van der Waals surface area contributed by atoms with Gasteiger partial charge >= 0.3 is 0 Å². The van der Waals surface area contributed by atoms with E-state index in [2.05, 4.69) is 6.92 Å². The van der Waals surface area contributed by atoms with E-state index in [0.29, 0.717) is 25.4 Å². The van der Waals surface area contributed by atoms with Gasteiger partial charge in [0.15, 0.2) is 0 Å². The fourth-order valence-corrected chi connectivity index (χ4v) is 3.86. The van der Waals surface area contributed by atoms with E-state index in [0.717, 1.165) is 31.7 Å². The van der Waals surface area contributed by atoms with Crippen LogP contribution in [0.15, 0.2) is 24.3 Å². The molecule has 5 nitrogen and oxygen atoms in total. The minimum absolute atomic E-state index is 0.108. The molecule has 2 aliphatic rings.